The summed E-state index contributed by atoms with van der Waals surface area (Å²) in [6.45, 7) is 17.6. The van der Waals surface area contributed by atoms with Crippen LogP contribution in [0.4, 0.5) is 0 Å². The third-order valence-corrected chi connectivity index (χ3v) is 6.79. The lowest BCUT2D eigenvalue weighted by molar-refractivity contribution is 0.301. The quantitative estimate of drug-likeness (QED) is 0.199. The van der Waals surface area contributed by atoms with Crippen LogP contribution in [0.1, 0.15) is 107 Å². The first-order valence-electron chi connectivity index (χ1n) is 12.7. The highest BCUT2D eigenvalue weighted by Crippen LogP contribution is 2.45. The molecule has 0 saturated carbocycles. The maximum atomic E-state index is 6.02. The van der Waals surface area contributed by atoms with E-state index >= 15 is 0 Å². The molecule has 0 spiro atoms. The largest absolute Gasteiger partial charge is 0.362 e. The van der Waals surface area contributed by atoms with Crippen molar-refractivity contribution in [1.82, 2.24) is 0 Å². The van der Waals surface area contributed by atoms with E-state index in [0.717, 1.165) is 51.4 Å². The Morgan fingerprint density at radius 1 is 0.594 bits per heavy atom. The second-order valence-corrected chi connectivity index (χ2v) is 10.9. The Balaban J connectivity index is 1.65. The van der Waals surface area contributed by atoms with Crippen molar-refractivity contribution in [1.29, 1.82) is 0 Å². The number of hydrogen-bond acceptors (Lipinski definition) is 2. The molecule has 2 heteroatoms. The summed E-state index contributed by atoms with van der Waals surface area (Å²) in [5.41, 5.74) is 5.80. The average Bonchev–Trinajstić information content (AvgIpc) is 3.54. The molecule has 0 aromatic heterocycles. The highest BCUT2D eigenvalue weighted by Gasteiger charge is 2.52. The topological polar surface area (TPSA) is 25.1 Å². The molecular formula is C30H48O2. The van der Waals surface area contributed by atoms with Crippen LogP contribution < -0.4 is 0 Å². The van der Waals surface area contributed by atoms with Crippen LogP contribution in [0.15, 0.2) is 58.7 Å². The Bertz CT molecular complexity index is 694. The van der Waals surface area contributed by atoms with Gasteiger partial charge in [-0.1, -0.05) is 58.7 Å². The number of hydrogen-bond donors (Lipinski definition) is 0. The minimum Gasteiger partial charge on any atom is -0.362 e. The van der Waals surface area contributed by atoms with Gasteiger partial charge in [-0.25, -0.2) is 0 Å². The van der Waals surface area contributed by atoms with Crippen LogP contribution in [-0.4, -0.2) is 23.4 Å². The van der Waals surface area contributed by atoms with Crippen LogP contribution in [0, 0.1) is 0 Å². The summed E-state index contributed by atoms with van der Waals surface area (Å²) in [4.78, 5) is 0. The molecule has 2 nitrogen and oxygen atoms in total. The predicted molar refractivity (Wildman–Crippen MR) is 139 cm³/mol. The van der Waals surface area contributed by atoms with Gasteiger partial charge in [0.15, 0.2) is 0 Å². The molecule has 0 aromatic carbocycles. The van der Waals surface area contributed by atoms with Crippen molar-refractivity contribution < 1.29 is 9.47 Å². The molecule has 2 heterocycles. The summed E-state index contributed by atoms with van der Waals surface area (Å²) in [6.07, 6.45) is 23.4. The zero-order chi connectivity index (χ0) is 23.8. The van der Waals surface area contributed by atoms with Crippen LogP contribution in [-0.2, 0) is 9.47 Å². The first kappa shape index (κ1) is 26.9. The van der Waals surface area contributed by atoms with E-state index in [9.17, 15) is 0 Å². The maximum Gasteiger partial charge on any atom is 0.105 e. The standard InChI is InChI=1S/C30H48O2/c1-23(2)13-9-15-25(5)17-11-21-29(7)27(31-29)19-20-28-30(8,32-28)22-12-18-26(6)16-10-14-24(3)4/h13-14,17-20,27-28H,9-12,15-16,21-22H2,1-8H3/b20-19-,25-17+,26-18+/t27-,28-,29-,30-/m0/s1. The van der Waals surface area contributed by atoms with Gasteiger partial charge in [0.05, 0.1) is 11.2 Å². The summed E-state index contributed by atoms with van der Waals surface area (Å²) in [5, 5.41) is 0. The molecule has 32 heavy (non-hydrogen) atoms. The average molecular weight is 441 g/mol. The molecule has 0 bridgehead atoms. The number of epoxide rings is 2. The van der Waals surface area contributed by atoms with Crippen molar-refractivity contribution in [3.05, 3.63) is 58.7 Å². The summed E-state index contributed by atoms with van der Waals surface area (Å²) < 4.78 is 12.0. The van der Waals surface area contributed by atoms with Gasteiger partial charge in [-0.15, -0.1) is 0 Å². The molecule has 0 aromatic rings. The highest BCUT2D eigenvalue weighted by molar-refractivity contribution is 5.19. The zero-order valence-electron chi connectivity index (χ0n) is 22.1. The van der Waals surface area contributed by atoms with Crippen LogP contribution >= 0.6 is 0 Å². The predicted octanol–water partition coefficient (Wildman–Crippen LogP) is 8.80. The van der Waals surface area contributed by atoms with Crippen LogP contribution in [0.25, 0.3) is 0 Å². The molecule has 2 fully saturated rings. The molecule has 0 N–H and O–H groups in total. The second-order valence-electron chi connectivity index (χ2n) is 10.9. The smallest absolute Gasteiger partial charge is 0.105 e. The third-order valence-electron chi connectivity index (χ3n) is 6.79. The maximum absolute atomic E-state index is 6.02. The SMILES string of the molecule is CC(C)=CCC/C(C)=C/CC[C@]1(C)O[C@H]1/C=C\[C@@H]1O[C@@]1(C)CC/C=C(\C)CCC=C(C)C. The van der Waals surface area contributed by atoms with Gasteiger partial charge in [-0.3, -0.25) is 0 Å². The van der Waals surface area contributed by atoms with Gasteiger partial charge in [-0.2, -0.15) is 0 Å². The molecule has 0 unspecified atom stereocenters. The van der Waals surface area contributed by atoms with E-state index in [-0.39, 0.29) is 23.4 Å². The highest BCUT2D eigenvalue weighted by atomic mass is 16.6. The van der Waals surface area contributed by atoms with Crippen LogP contribution in [0.5, 0.6) is 0 Å². The van der Waals surface area contributed by atoms with Crippen molar-refractivity contribution >= 4 is 0 Å². The fourth-order valence-electron chi connectivity index (χ4n) is 4.19. The Morgan fingerprint density at radius 3 is 1.31 bits per heavy atom. The van der Waals surface area contributed by atoms with Crippen molar-refractivity contribution in [2.24, 2.45) is 0 Å². The van der Waals surface area contributed by atoms with E-state index in [1.54, 1.807) is 0 Å². The second kappa shape index (κ2) is 12.2. The normalized spacial score (nSPS) is 29.9. The van der Waals surface area contributed by atoms with E-state index in [2.05, 4.69) is 91.8 Å². The molecule has 0 radical (unpaired) electrons. The van der Waals surface area contributed by atoms with Gasteiger partial charge < -0.3 is 9.47 Å². The number of rotatable bonds is 14. The van der Waals surface area contributed by atoms with Gasteiger partial charge >= 0.3 is 0 Å². The molecule has 2 aliphatic rings. The minimum absolute atomic E-state index is 0.00359. The lowest BCUT2D eigenvalue weighted by Gasteiger charge is -2.04. The Labute approximate surface area is 198 Å². The molecule has 180 valence electrons. The summed E-state index contributed by atoms with van der Waals surface area (Å²) in [6, 6.07) is 0. The number of allylic oxidation sites excluding steroid dienone is 8. The third kappa shape index (κ3) is 9.63. The summed E-state index contributed by atoms with van der Waals surface area (Å²) in [7, 11) is 0. The molecule has 2 aliphatic heterocycles. The number of ether oxygens (including phenoxy) is 2. The van der Waals surface area contributed by atoms with Gasteiger partial charge in [0, 0.05) is 0 Å². The van der Waals surface area contributed by atoms with Gasteiger partial charge in [0.2, 0.25) is 0 Å². The van der Waals surface area contributed by atoms with Gasteiger partial charge in [0.25, 0.3) is 0 Å². The van der Waals surface area contributed by atoms with E-state index < -0.39 is 0 Å². The zero-order valence-corrected chi connectivity index (χ0v) is 22.1. The van der Waals surface area contributed by atoms with E-state index in [0.29, 0.717) is 0 Å². The molecule has 2 rings (SSSR count). The lowest BCUT2D eigenvalue weighted by atomic mass is 9.97. The van der Waals surface area contributed by atoms with E-state index in [4.69, 9.17) is 9.47 Å². The van der Waals surface area contributed by atoms with E-state index in [1.165, 1.54) is 22.3 Å². The Morgan fingerprint density at radius 2 is 0.969 bits per heavy atom. The minimum atomic E-state index is 0.00359. The van der Waals surface area contributed by atoms with Crippen molar-refractivity contribution in [2.75, 3.05) is 0 Å². The Kier molecular flexibility index (Phi) is 10.2. The molecular weight excluding hydrogens is 392 g/mol. The van der Waals surface area contributed by atoms with Crippen molar-refractivity contribution in [3.63, 3.8) is 0 Å². The van der Waals surface area contributed by atoms with E-state index in [1.807, 2.05) is 0 Å². The van der Waals surface area contributed by atoms with Gasteiger partial charge in [-0.05, 0) is 107 Å². The van der Waals surface area contributed by atoms with Crippen LogP contribution in [0.2, 0.25) is 0 Å². The fraction of sp³-hybridized carbons (Fsp3) is 0.667. The molecule has 4 atom stereocenters. The first-order valence-corrected chi connectivity index (χ1v) is 12.7. The molecule has 2 saturated heterocycles. The molecule has 0 amide bonds. The monoisotopic (exact) mass is 440 g/mol. The summed E-state index contributed by atoms with van der Waals surface area (Å²) in [5.74, 6) is 0. The fourth-order valence-corrected chi connectivity index (χ4v) is 4.19. The Hall–Kier alpha value is -1.38. The first-order chi connectivity index (χ1) is 15.0. The molecule has 0 aliphatic carbocycles. The van der Waals surface area contributed by atoms with Crippen LogP contribution in [0.3, 0.4) is 0 Å². The van der Waals surface area contributed by atoms with Crippen molar-refractivity contribution in [3.8, 4) is 0 Å². The van der Waals surface area contributed by atoms with Crippen molar-refractivity contribution in [2.45, 2.75) is 130 Å². The summed E-state index contributed by atoms with van der Waals surface area (Å²) >= 11 is 0. The van der Waals surface area contributed by atoms with Gasteiger partial charge in [0.1, 0.15) is 12.2 Å². The lowest BCUT2D eigenvalue weighted by Crippen LogP contribution is -2.09.